The molecule has 0 atom stereocenters. The topological polar surface area (TPSA) is 27.7 Å². The number of rotatable bonds is 10. The second-order valence-corrected chi connectivity index (χ2v) is 16.1. The number of ether oxygens (including phenoxy) is 2. The highest BCUT2D eigenvalue weighted by molar-refractivity contribution is 6.84. The fourth-order valence-electron chi connectivity index (χ4n) is 2.76. The second-order valence-electron chi connectivity index (χ2n) is 7.62. The minimum atomic E-state index is -2.08. The third-order valence-electron chi connectivity index (χ3n) is 3.59. The number of hydrogen-bond acceptors (Lipinski definition) is 3. The van der Waals surface area contributed by atoms with Crippen molar-refractivity contribution >= 4 is 16.6 Å². The Balaban J connectivity index is 1.88. The van der Waals surface area contributed by atoms with Gasteiger partial charge < -0.3 is 13.6 Å². The Hall–Kier alpha value is -1.25. The molecule has 0 aliphatic heterocycles. The van der Waals surface area contributed by atoms with Crippen molar-refractivity contribution in [3.63, 3.8) is 0 Å². The Morgan fingerprint density at radius 1 is 0.640 bits per heavy atom. The van der Waals surface area contributed by atoms with Gasteiger partial charge in [0, 0.05) is 0 Å². The Bertz CT molecular complexity index is 566. The average Bonchev–Trinajstić information content (AvgIpc) is 2.55. The van der Waals surface area contributed by atoms with E-state index in [1.165, 1.54) is 11.1 Å². The fourth-order valence-corrected chi connectivity index (χ4v) is 10.3. The molecule has 0 heterocycles. The van der Waals surface area contributed by atoms with E-state index in [2.05, 4.69) is 50.5 Å². The molecule has 0 aliphatic carbocycles. The quantitative estimate of drug-likeness (QED) is 0.552. The summed E-state index contributed by atoms with van der Waals surface area (Å²) in [6.07, 6.45) is 1.31. The lowest BCUT2D eigenvalue weighted by atomic mass is 10.2. The smallest absolute Gasteiger partial charge is 0.228 e. The molecule has 2 rings (SSSR count). The summed E-state index contributed by atoms with van der Waals surface area (Å²) in [6, 6.07) is 20.5. The van der Waals surface area contributed by atoms with Gasteiger partial charge in [-0.3, -0.25) is 0 Å². The normalized spacial score (nSPS) is 12.3. The third-order valence-corrected chi connectivity index (χ3v) is 9.64. The van der Waals surface area contributed by atoms with Crippen molar-refractivity contribution in [3.05, 3.63) is 71.8 Å². The van der Waals surface area contributed by atoms with E-state index >= 15 is 0 Å². The largest absolute Gasteiger partial charge is 0.453 e. The zero-order chi connectivity index (χ0) is 18.2. The van der Waals surface area contributed by atoms with Gasteiger partial charge in [0.1, 0.15) is 0 Å². The van der Waals surface area contributed by atoms with Crippen LogP contribution in [0.1, 0.15) is 11.1 Å². The van der Waals surface area contributed by atoms with Gasteiger partial charge in [-0.1, -0.05) is 60.7 Å². The molecular formula is C20H30O3Si2. The minimum absolute atomic E-state index is 0.622. The van der Waals surface area contributed by atoms with Crippen LogP contribution in [0.5, 0.6) is 0 Å². The first kappa shape index (κ1) is 20.1. The van der Waals surface area contributed by atoms with Crippen LogP contribution in [0.2, 0.25) is 26.2 Å². The summed E-state index contributed by atoms with van der Waals surface area (Å²) in [6.45, 7) is 10.2. The van der Waals surface area contributed by atoms with Crippen LogP contribution in [-0.2, 0) is 26.8 Å². The molecule has 0 radical (unpaired) electrons. The molecular weight excluding hydrogens is 344 g/mol. The highest BCUT2D eigenvalue weighted by atomic mass is 28.4. The first-order chi connectivity index (χ1) is 11.9. The van der Waals surface area contributed by atoms with E-state index in [0.29, 0.717) is 25.7 Å². The molecule has 0 saturated carbocycles. The van der Waals surface area contributed by atoms with Crippen molar-refractivity contribution in [2.24, 2.45) is 0 Å². The Morgan fingerprint density at radius 3 is 1.40 bits per heavy atom. The summed E-state index contributed by atoms with van der Waals surface area (Å²) in [7, 11) is -3.72. The molecule has 0 fully saturated rings. The molecule has 0 aromatic heterocycles. The maximum absolute atomic E-state index is 6.53. The molecule has 0 aliphatic rings. The van der Waals surface area contributed by atoms with Crippen molar-refractivity contribution in [2.75, 3.05) is 12.5 Å². The van der Waals surface area contributed by atoms with E-state index in [4.69, 9.17) is 13.6 Å². The summed E-state index contributed by atoms with van der Waals surface area (Å²) in [5.41, 5.74) is 2.38. The van der Waals surface area contributed by atoms with Crippen LogP contribution >= 0.6 is 0 Å². The predicted octanol–water partition coefficient (Wildman–Crippen LogP) is 4.93. The van der Waals surface area contributed by atoms with Gasteiger partial charge in [-0.15, -0.1) is 0 Å². The van der Waals surface area contributed by atoms with Gasteiger partial charge in [0.15, 0.2) is 8.32 Å². The molecule has 136 valence electrons. The van der Waals surface area contributed by atoms with Crippen LogP contribution in [0, 0.1) is 0 Å². The van der Waals surface area contributed by atoms with Gasteiger partial charge >= 0.3 is 0 Å². The Morgan fingerprint density at radius 2 is 1.04 bits per heavy atom. The van der Waals surface area contributed by atoms with E-state index in [1.54, 1.807) is 0 Å². The molecule has 2 aromatic rings. The summed E-state index contributed by atoms with van der Waals surface area (Å²) in [5.74, 6) is 0. The van der Waals surface area contributed by atoms with Crippen molar-refractivity contribution in [2.45, 2.75) is 39.4 Å². The van der Waals surface area contributed by atoms with Crippen molar-refractivity contribution < 1.29 is 13.6 Å². The van der Waals surface area contributed by atoms with Crippen LogP contribution in [0.25, 0.3) is 0 Å². The van der Waals surface area contributed by atoms with E-state index in [0.717, 1.165) is 0 Å². The van der Waals surface area contributed by atoms with E-state index in [9.17, 15) is 0 Å². The molecule has 3 nitrogen and oxygen atoms in total. The Labute approximate surface area is 154 Å². The number of hydrogen-bond donors (Lipinski definition) is 0. The predicted molar refractivity (Wildman–Crippen MR) is 108 cm³/mol. The van der Waals surface area contributed by atoms with Crippen molar-refractivity contribution in [1.29, 1.82) is 0 Å². The van der Waals surface area contributed by atoms with E-state index in [1.807, 2.05) is 36.4 Å². The number of benzene rings is 2. The summed E-state index contributed by atoms with van der Waals surface area (Å²) in [4.78, 5) is 0. The lowest BCUT2D eigenvalue weighted by molar-refractivity contribution is 0.121. The second kappa shape index (κ2) is 9.45. The molecule has 0 bridgehead atoms. The molecule has 25 heavy (non-hydrogen) atoms. The van der Waals surface area contributed by atoms with Crippen LogP contribution in [0.4, 0.5) is 0 Å². The third kappa shape index (κ3) is 8.11. The minimum Gasteiger partial charge on any atom is -0.453 e. The van der Waals surface area contributed by atoms with Gasteiger partial charge in [0.2, 0.25) is 8.32 Å². The zero-order valence-electron chi connectivity index (χ0n) is 15.8. The lowest BCUT2D eigenvalue weighted by Gasteiger charge is -2.34. The van der Waals surface area contributed by atoms with Gasteiger partial charge in [-0.05, 0) is 37.3 Å². The van der Waals surface area contributed by atoms with Crippen LogP contribution in [-0.4, -0.2) is 29.1 Å². The van der Waals surface area contributed by atoms with Gasteiger partial charge in [0.05, 0.1) is 25.7 Å². The maximum atomic E-state index is 6.53. The molecule has 0 amide bonds. The van der Waals surface area contributed by atoms with Crippen molar-refractivity contribution in [1.82, 2.24) is 0 Å². The highest BCUT2D eigenvalue weighted by Gasteiger charge is 2.35. The van der Waals surface area contributed by atoms with Gasteiger partial charge in [0.25, 0.3) is 0 Å². The standard InChI is InChI=1S/C20H30O3Si2/c1-24(2,3)23-25(4,17-21-15-19-11-7-5-8-12-19)18-22-16-20-13-9-6-10-14-20/h5-14H,15-18H2,1-4H3. The van der Waals surface area contributed by atoms with Crippen LogP contribution < -0.4 is 0 Å². The molecule has 5 heteroatoms. The molecule has 2 aromatic carbocycles. The fraction of sp³-hybridized carbons (Fsp3) is 0.400. The summed E-state index contributed by atoms with van der Waals surface area (Å²) < 4.78 is 18.6. The monoisotopic (exact) mass is 374 g/mol. The first-order valence-corrected chi connectivity index (χ1v) is 15.0. The summed E-state index contributed by atoms with van der Waals surface area (Å²) >= 11 is 0. The van der Waals surface area contributed by atoms with Gasteiger partial charge in [-0.25, -0.2) is 0 Å². The average molecular weight is 375 g/mol. The molecule has 0 spiro atoms. The van der Waals surface area contributed by atoms with Gasteiger partial charge in [-0.2, -0.15) is 0 Å². The zero-order valence-corrected chi connectivity index (χ0v) is 17.8. The molecule has 0 N–H and O–H groups in total. The molecule has 0 saturated heterocycles. The van der Waals surface area contributed by atoms with Crippen LogP contribution in [0.3, 0.4) is 0 Å². The lowest BCUT2D eigenvalue weighted by Crippen LogP contribution is -2.52. The Kier molecular flexibility index (Phi) is 7.59. The summed E-state index contributed by atoms with van der Waals surface area (Å²) in [5, 5.41) is 0. The first-order valence-electron chi connectivity index (χ1n) is 8.80. The highest BCUT2D eigenvalue weighted by Crippen LogP contribution is 2.17. The molecule has 0 unspecified atom stereocenters. The maximum Gasteiger partial charge on any atom is 0.228 e. The van der Waals surface area contributed by atoms with E-state index in [-0.39, 0.29) is 0 Å². The van der Waals surface area contributed by atoms with E-state index < -0.39 is 16.6 Å². The van der Waals surface area contributed by atoms with Crippen molar-refractivity contribution in [3.8, 4) is 0 Å². The van der Waals surface area contributed by atoms with Crippen LogP contribution in [0.15, 0.2) is 60.7 Å². The SMILES string of the molecule is C[Si](C)(C)O[Si](C)(COCc1ccccc1)COCc1ccccc1.